The second-order valence-corrected chi connectivity index (χ2v) is 16.9. The molecule has 0 bridgehead atoms. The number of ketones is 2. The van der Waals surface area contributed by atoms with Crippen LogP contribution in [-0.4, -0.2) is 140 Å². The van der Waals surface area contributed by atoms with Crippen LogP contribution in [0.2, 0.25) is 0 Å². The number of methoxy groups -OCH3 is 1. The van der Waals surface area contributed by atoms with Gasteiger partial charge in [-0.3, -0.25) is 19.3 Å². The van der Waals surface area contributed by atoms with Gasteiger partial charge >= 0.3 is 12.1 Å². The number of carbonyl (C=O) groups is 4. The zero-order valence-electron chi connectivity index (χ0n) is 36.1. The van der Waals surface area contributed by atoms with Gasteiger partial charge in [-0.25, -0.2) is 14.5 Å². The monoisotopic (exact) mass is 823 g/mol. The van der Waals surface area contributed by atoms with E-state index in [1.165, 1.54) is 23.6 Å². The molecule has 2 aromatic heterocycles. The summed E-state index contributed by atoms with van der Waals surface area (Å²) in [5.41, 5.74) is 4.09. The molecular weight excluding hydrogens is 763 g/mol. The van der Waals surface area contributed by atoms with Gasteiger partial charge in [0.2, 0.25) is 0 Å². The fourth-order valence-electron chi connectivity index (χ4n) is 9.01. The number of pyridine rings is 1. The van der Waals surface area contributed by atoms with Crippen LogP contribution in [0.15, 0.2) is 24.4 Å². The number of aliphatic hydroxyl groups is 1. The smallest absolute Gasteiger partial charge is 0.411 e. The lowest BCUT2D eigenvalue weighted by atomic mass is 9.73. The van der Waals surface area contributed by atoms with Gasteiger partial charge in [-0.15, -0.1) is 5.10 Å². The molecule has 5 rings (SSSR count). The zero-order chi connectivity index (χ0) is 43.6. The quantitative estimate of drug-likeness (QED) is 0.223. The summed E-state index contributed by atoms with van der Waals surface area (Å²) in [4.78, 5) is 64.3. The topological polar surface area (TPSA) is 211 Å². The number of nitrogens with two attached hydrogens (primary N) is 1. The van der Waals surface area contributed by atoms with Crippen LogP contribution in [0.25, 0.3) is 11.4 Å². The van der Waals surface area contributed by atoms with Crippen molar-refractivity contribution >= 4 is 29.4 Å². The maximum atomic E-state index is 14.7. The molecular formula is C42H61N7O10. The average Bonchev–Trinajstić information content (AvgIpc) is 3.77. The van der Waals surface area contributed by atoms with E-state index in [-0.39, 0.29) is 43.9 Å². The van der Waals surface area contributed by atoms with E-state index in [0.717, 1.165) is 0 Å². The van der Waals surface area contributed by atoms with E-state index in [9.17, 15) is 24.3 Å². The Balaban J connectivity index is 1.47. The van der Waals surface area contributed by atoms with Crippen LogP contribution in [0.4, 0.5) is 10.6 Å². The molecule has 2 aromatic rings. The van der Waals surface area contributed by atoms with Gasteiger partial charge in [0.15, 0.2) is 17.7 Å². The average molecular weight is 824 g/mol. The Kier molecular flexibility index (Phi) is 14.2. The number of cyclic esters (lactones) is 1. The normalized spacial score (nSPS) is 36.0. The maximum absolute atomic E-state index is 14.7. The van der Waals surface area contributed by atoms with Crippen LogP contribution in [0.3, 0.4) is 0 Å². The molecule has 17 nitrogen and oxygen atoms in total. The highest BCUT2D eigenvalue weighted by atomic mass is 16.7. The molecule has 2 unspecified atom stereocenters. The number of esters is 1. The highest BCUT2D eigenvalue weighted by Crippen LogP contribution is 2.43. The first kappa shape index (κ1) is 45.6. The molecule has 3 aliphatic rings. The predicted molar refractivity (Wildman–Crippen MR) is 215 cm³/mol. The van der Waals surface area contributed by atoms with Crippen molar-refractivity contribution in [3.63, 3.8) is 0 Å². The summed E-state index contributed by atoms with van der Waals surface area (Å²) in [7, 11) is 5.19. The third kappa shape index (κ3) is 9.47. The van der Waals surface area contributed by atoms with Gasteiger partial charge in [0.05, 0.1) is 42.3 Å². The Hall–Kier alpha value is -4.47. The number of hydrogen-bond donors (Lipinski definition) is 2. The van der Waals surface area contributed by atoms with Crippen molar-refractivity contribution < 1.29 is 48.0 Å². The van der Waals surface area contributed by atoms with Crippen LogP contribution >= 0.6 is 0 Å². The lowest BCUT2D eigenvalue weighted by molar-refractivity contribution is -0.295. The van der Waals surface area contributed by atoms with E-state index >= 15 is 0 Å². The first-order chi connectivity index (χ1) is 27.8. The fraction of sp³-hybridized carbons (Fsp3) is 0.690. The van der Waals surface area contributed by atoms with Gasteiger partial charge in [0.25, 0.3) is 0 Å². The summed E-state index contributed by atoms with van der Waals surface area (Å²) in [6.07, 6.45) is -2.78. The van der Waals surface area contributed by atoms with Crippen LogP contribution in [0.1, 0.15) is 74.7 Å². The number of amides is 1. The predicted octanol–water partition coefficient (Wildman–Crippen LogP) is 3.13. The molecule has 1 amide bonds. The first-order valence-electron chi connectivity index (χ1n) is 20.3. The van der Waals surface area contributed by atoms with Crippen LogP contribution < -0.4 is 5.73 Å². The standard InChI is InChI=1S/C42H61N7O10/c1-12-31-42(8)36(49(40(54)59-42)19-14-13-18-48-22-29(45-46-48)28-16-15-17-32(43)44-28)25(4)33(50)23(2)21-41(7,55-11)37(26(5)34(51)27(6)38(53)57-31)58-39-35(52)30(47(9)10)20-24(3)56-39/h15-17,22-27,30-31,35-37,39,52H,12,18-21H2,1-11H3,(H2,43,44)/t23-,24-,25+,26+,27-,30?,31-,35?,36-,37-,39+,41-,42-/m1/s1. The third-order valence-corrected chi connectivity index (χ3v) is 12.3. The Bertz CT molecular complexity index is 1910. The number of carbonyl (C=O) groups excluding carboxylic acids is 4. The van der Waals surface area contributed by atoms with Gasteiger partial charge in [-0.1, -0.05) is 50.8 Å². The molecule has 0 radical (unpaired) electrons. The molecule has 0 aliphatic carbocycles. The van der Waals surface area contributed by atoms with E-state index in [2.05, 4.69) is 27.1 Å². The van der Waals surface area contributed by atoms with Gasteiger partial charge < -0.3 is 39.4 Å². The number of Topliss-reactive ketones (excluding diaryl/α,β-unsaturated/α-hetero) is 2. The molecule has 3 fully saturated rings. The van der Waals surface area contributed by atoms with Gasteiger partial charge in [-0.2, -0.15) is 0 Å². The number of likely N-dealkylation sites (N-methyl/N-ethyl adjacent to an activating group) is 1. The Morgan fingerprint density at radius 3 is 2.36 bits per heavy atom. The summed E-state index contributed by atoms with van der Waals surface area (Å²) < 4.78 is 32.6. The third-order valence-electron chi connectivity index (χ3n) is 12.3. The number of fused-ring (bicyclic) bond motifs is 1. The minimum Gasteiger partial charge on any atom is -0.458 e. The van der Waals surface area contributed by atoms with Crippen molar-refractivity contribution in [3.8, 4) is 23.2 Å². The molecule has 17 heteroatoms. The second-order valence-electron chi connectivity index (χ2n) is 16.9. The Labute approximate surface area is 346 Å². The van der Waals surface area contributed by atoms with Gasteiger partial charge in [0.1, 0.15) is 42.0 Å². The number of nitrogen functional groups attached to an aromatic ring is 1. The van der Waals surface area contributed by atoms with Crippen LogP contribution in [-0.2, 0) is 44.6 Å². The van der Waals surface area contributed by atoms with Crippen molar-refractivity contribution in [2.24, 2.45) is 23.7 Å². The van der Waals surface area contributed by atoms with E-state index in [0.29, 0.717) is 23.6 Å². The number of aromatic nitrogens is 4. The number of ether oxygens (including phenoxy) is 5. The molecule has 0 aromatic carbocycles. The molecule has 0 saturated carbocycles. The van der Waals surface area contributed by atoms with E-state index < -0.39 is 83.4 Å². The summed E-state index contributed by atoms with van der Waals surface area (Å²) in [6.45, 7) is 13.7. The maximum Gasteiger partial charge on any atom is 0.411 e. The second kappa shape index (κ2) is 18.4. The van der Waals surface area contributed by atoms with Crippen molar-refractivity contribution in [1.29, 1.82) is 0 Å². The lowest BCUT2D eigenvalue weighted by Crippen LogP contribution is -2.60. The number of anilines is 1. The zero-order valence-corrected chi connectivity index (χ0v) is 36.1. The van der Waals surface area contributed by atoms with Gasteiger partial charge in [0, 0.05) is 30.9 Å². The van der Waals surface area contributed by atoms with E-state index in [1.54, 1.807) is 65.9 Å². The molecule has 3 N–H and O–H groups in total. The summed E-state index contributed by atoms with van der Waals surface area (Å²) in [5.74, 6) is 1.09. The molecule has 3 saturated heterocycles. The molecule has 0 spiro atoms. The first-order valence-corrected chi connectivity index (χ1v) is 20.3. The van der Waals surface area contributed by atoms with E-state index in [1.807, 2.05) is 25.9 Å². The minimum absolute atomic E-state index is 0.0868. The largest absolute Gasteiger partial charge is 0.458 e. The molecule has 3 aliphatic heterocycles. The molecule has 13 atom stereocenters. The number of aliphatic hydroxyl groups excluding tert-OH is 1. The van der Waals surface area contributed by atoms with Crippen molar-refractivity contribution in [2.75, 3.05) is 33.5 Å². The van der Waals surface area contributed by atoms with Crippen LogP contribution in [0, 0.1) is 35.5 Å². The highest BCUT2D eigenvalue weighted by molar-refractivity contribution is 6.00. The Morgan fingerprint density at radius 2 is 1.71 bits per heavy atom. The summed E-state index contributed by atoms with van der Waals surface area (Å²) >= 11 is 0. The van der Waals surface area contributed by atoms with Crippen molar-refractivity contribution in [3.05, 3.63) is 24.4 Å². The van der Waals surface area contributed by atoms with Crippen molar-refractivity contribution in [2.45, 2.75) is 135 Å². The highest BCUT2D eigenvalue weighted by Gasteiger charge is 2.60. The fourth-order valence-corrected chi connectivity index (χ4v) is 9.01. The Morgan fingerprint density at radius 1 is 1.02 bits per heavy atom. The lowest BCUT2D eigenvalue weighted by Gasteiger charge is -2.47. The molecule has 5 heterocycles. The number of hydrogen-bond acceptors (Lipinski definition) is 15. The van der Waals surface area contributed by atoms with E-state index in [4.69, 9.17) is 29.4 Å². The van der Waals surface area contributed by atoms with Crippen molar-refractivity contribution in [1.82, 2.24) is 29.8 Å². The van der Waals surface area contributed by atoms with Gasteiger partial charge in [-0.05, 0) is 73.2 Å². The summed E-state index contributed by atoms with van der Waals surface area (Å²) in [5, 5.41) is 19.7. The number of nitrogens with zero attached hydrogens (tertiary/aromatic N) is 6. The molecule has 324 valence electrons. The summed E-state index contributed by atoms with van der Waals surface area (Å²) in [6, 6.07) is 3.99. The minimum atomic E-state index is -1.49. The SMILES string of the molecule is CC[C@H]1OC(=O)[C@H](C)C(=O)[C@H](C)[C@@H](O[C@@H]2O[C@H](C)CC(N(C)C)C2O)[C@](C)(OC)C[C@@H](C)C(=O)[C@H](C)[C@H]2N(CC#CCn3cc(-c4cccc(N)n4)nn3)C(=O)O[C@]12C. The number of rotatable bonds is 8. The van der Waals surface area contributed by atoms with Crippen LogP contribution in [0.5, 0.6) is 0 Å². The molecule has 59 heavy (non-hydrogen) atoms.